The molecular weight excluding hydrogens is 385 g/mol. The molecule has 1 aromatic heterocycles. The molecule has 3 rings (SSSR count). The lowest BCUT2D eigenvalue weighted by Crippen LogP contribution is -2.36. The summed E-state index contributed by atoms with van der Waals surface area (Å²) in [7, 11) is 1.24. The molecule has 148 valence electrons. The van der Waals surface area contributed by atoms with Gasteiger partial charge in [0.05, 0.1) is 18.9 Å². The molecule has 1 aliphatic carbocycles. The molecule has 1 amide bonds. The van der Waals surface area contributed by atoms with E-state index in [0.29, 0.717) is 29.0 Å². The van der Waals surface area contributed by atoms with Crippen molar-refractivity contribution in [2.24, 2.45) is 11.8 Å². The maximum Gasteiger partial charge on any atom is 0.341 e. The van der Waals surface area contributed by atoms with Crippen LogP contribution in [0.4, 0.5) is 9.39 Å². The van der Waals surface area contributed by atoms with Gasteiger partial charge in [0.2, 0.25) is 5.91 Å². The Labute approximate surface area is 165 Å². The van der Waals surface area contributed by atoms with E-state index in [1.54, 1.807) is 5.38 Å². The number of carbonyl (C=O) groups excluding carboxylic acids is 2. The smallest absolute Gasteiger partial charge is 0.341 e. The monoisotopic (exact) mass is 405 g/mol. The molecule has 1 aliphatic rings. The highest BCUT2D eigenvalue weighted by atomic mass is 32.1. The van der Waals surface area contributed by atoms with Gasteiger partial charge in [0.25, 0.3) is 0 Å². The number of hydrogen-bond acceptors (Lipinski definition) is 5. The summed E-state index contributed by atoms with van der Waals surface area (Å²) in [6.45, 7) is 0. The second-order valence-corrected chi connectivity index (χ2v) is 7.56. The van der Waals surface area contributed by atoms with E-state index in [-0.39, 0.29) is 5.56 Å². The highest BCUT2D eigenvalue weighted by Gasteiger charge is 2.36. The lowest BCUT2D eigenvalue weighted by atomic mass is 9.79. The third-order valence-corrected chi connectivity index (χ3v) is 5.89. The van der Waals surface area contributed by atoms with Crippen LogP contribution in [0.15, 0.2) is 29.6 Å². The molecule has 0 radical (unpaired) electrons. The van der Waals surface area contributed by atoms with E-state index in [0.717, 1.165) is 24.2 Å². The zero-order valence-electron chi connectivity index (χ0n) is 15.2. The summed E-state index contributed by atoms with van der Waals surface area (Å²) in [6.07, 6.45) is 2.52. The number of amides is 1. The fourth-order valence-corrected chi connectivity index (χ4v) is 4.50. The molecular formula is C20H20FNO5S. The van der Waals surface area contributed by atoms with Crippen LogP contribution in [0, 0.1) is 17.7 Å². The molecule has 0 aliphatic heterocycles. The Hall–Kier alpha value is -2.74. The average Bonchev–Trinajstić information content (AvgIpc) is 3.11. The van der Waals surface area contributed by atoms with Gasteiger partial charge in [0.15, 0.2) is 0 Å². The first kappa shape index (κ1) is 20.0. The highest BCUT2D eigenvalue weighted by Crippen LogP contribution is 2.38. The second kappa shape index (κ2) is 8.52. The van der Waals surface area contributed by atoms with Crippen molar-refractivity contribution in [3.8, 4) is 11.1 Å². The first-order valence-electron chi connectivity index (χ1n) is 8.91. The van der Waals surface area contributed by atoms with Gasteiger partial charge < -0.3 is 15.2 Å². The number of thiophene rings is 1. The fourth-order valence-electron chi connectivity index (χ4n) is 3.54. The van der Waals surface area contributed by atoms with Crippen LogP contribution in [-0.2, 0) is 14.3 Å². The van der Waals surface area contributed by atoms with Crippen molar-refractivity contribution < 1.29 is 28.6 Å². The van der Waals surface area contributed by atoms with Crippen LogP contribution in [0.3, 0.4) is 0 Å². The predicted octanol–water partition coefficient (Wildman–Crippen LogP) is 4.17. The zero-order valence-corrected chi connectivity index (χ0v) is 16.1. The number of halogens is 1. The van der Waals surface area contributed by atoms with E-state index < -0.39 is 35.5 Å². The summed E-state index contributed by atoms with van der Waals surface area (Å²) in [5.74, 6) is -3.80. The Morgan fingerprint density at radius 2 is 1.79 bits per heavy atom. The fraction of sp³-hybridized carbons (Fsp3) is 0.350. The van der Waals surface area contributed by atoms with Crippen LogP contribution in [0.1, 0.15) is 36.0 Å². The number of benzene rings is 1. The average molecular weight is 405 g/mol. The molecule has 8 heteroatoms. The molecule has 0 saturated heterocycles. The topological polar surface area (TPSA) is 92.7 Å². The van der Waals surface area contributed by atoms with Gasteiger partial charge in [-0.05, 0) is 30.5 Å². The zero-order chi connectivity index (χ0) is 20.3. The maximum atomic E-state index is 13.2. The molecule has 6 nitrogen and oxygen atoms in total. The Morgan fingerprint density at radius 1 is 1.14 bits per heavy atom. The SMILES string of the molecule is COC(=O)c1c(-c2ccc(F)cc2)csc1NC(=O)[C@H]1CCCC[C@H]1C(=O)O. The molecule has 1 fully saturated rings. The van der Waals surface area contributed by atoms with E-state index >= 15 is 0 Å². The first-order valence-corrected chi connectivity index (χ1v) is 9.79. The molecule has 0 unspecified atom stereocenters. The third-order valence-electron chi connectivity index (χ3n) is 4.99. The van der Waals surface area contributed by atoms with Gasteiger partial charge in [-0.15, -0.1) is 11.3 Å². The van der Waals surface area contributed by atoms with Crippen LogP contribution in [0.25, 0.3) is 11.1 Å². The minimum atomic E-state index is -0.980. The molecule has 0 bridgehead atoms. The van der Waals surface area contributed by atoms with Gasteiger partial charge in [0.1, 0.15) is 16.4 Å². The van der Waals surface area contributed by atoms with Gasteiger partial charge in [-0.1, -0.05) is 25.0 Å². The van der Waals surface area contributed by atoms with E-state index in [1.165, 1.54) is 31.4 Å². The van der Waals surface area contributed by atoms with Gasteiger partial charge >= 0.3 is 11.9 Å². The largest absolute Gasteiger partial charge is 0.481 e. The number of carboxylic acid groups (broad SMARTS) is 1. The predicted molar refractivity (Wildman–Crippen MR) is 103 cm³/mol. The van der Waals surface area contributed by atoms with Crippen LogP contribution < -0.4 is 5.32 Å². The highest BCUT2D eigenvalue weighted by molar-refractivity contribution is 7.15. The molecule has 1 aromatic carbocycles. The lowest BCUT2D eigenvalue weighted by molar-refractivity contribution is -0.147. The second-order valence-electron chi connectivity index (χ2n) is 6.68. The Bertz CT molecular complexity index is 893. The van der Waals surface area contributed by atoms with Crippen LogP contribution in [0.5, 0.6) is 0 Å². The van der Waals surface area contributed by atoms with Gasteiger partial charge in [-0.25, -0.2) is 9.18 Å². The van der Waals surface area contributed by atoms with Crippen molar-refractivity contribution in [1.29, 1.82) is 0 Å². The minimum absolute atomic E-state index is 0.176. The summed E-state index contributed by atoms with van der Waals surface area (Å²) in [6, 6.07) is 5.64. The minimum Gasteiger partial charge on any atom is -0.481 e. The Balaban J connectivity index is 1.91. The summed E-state index contributed by atoms with van der Waals surface area (Å²) < 4.78 is 18.1. The normalized spacial score (nSPS) is 19.1. The van der Waals surface area contributed by atoms with E-state index in [2.05, 4.69) is 5.32 Å². The van der Waals surface area contributed by atoms with Crippen molar-refractivity contribution in [2.75, 3.05) is 12.4 Å². The molecule has 28 heavy (non-hydrogen) atoms. The van der Waals surface area contributed by atoms with E-state index in [1.807, 2.05) is 0 Å². The van der Waals surface area contributed by atoms with Gasteiger partial charge in [-0.2, -0.15) is 0 Å². The number of hydrogen-bond donors (Lipinski definition) is 2. The molecule has 2 N–H and O–H groups in total. The summed E-state index contributed by atoms with van der Waals surface area (Å²) in [5, 5.41) is 14.1. The number of rotatable bonds is 5. The number of nitrogens with one attached hydrogen (secondary N) is 1. The molecule has 2 atom stereocenters. The summed E-state index contributed by atoms with van der Waals surface area (Å²) in [4.78, 5) is 36.6. The number of ether oxygens (including phenoxy) is 1. The third kappa shape index (κ3) is 4.06. The van der Waals surface area contributed by atoms with Crippen molar-refractivity contribution >= 4 is 34.2 Å². The first-order chi connectivity index (χ1) is 13.4. The van der Waals surface area contributed by atoms with Crippen molar-refractivity contribution in [2.45, 2.75) is 25.7 Å². The number of aliphatic carboxylic acids is 1. The lowest BCUT2D eigenvalue weighted by Gasteiger charge is -2.27. The Morgan fingerprint density at radius 3 is 2.39 bits per heavy atom. The molecule has 1 saturated carbocycles. The quantitative estimate of drug-likeness (QED) is 0.729. The number of methoxy groups -OCH3 is 1. The van der Waals surface area contributed by atoms with Crippen LogP contribution >= 0.6 is 11.3 Å². The number of esters is 1. The van der Waals surface area contributed by atoms with Gasteiger partial charge in [0, 0.05) is 10.9 Å². The van der Waals surface area contributed by atoms with E-state index in [4.69, 9.17) is 4.74 Å². The molecule has 0 spiro atoms. The van der Waals surface area contributed by atoms with Crippen molar-refractivity contribution in [3.63, 3.8) is 0 Å². The molecule has 1 heterocycles. The summed E-state index contributed by atoms with van der Waals surface area (Å²) in [5.41, 5.74) is 1.31. The van der Waals surface area contributed by atoms with Crippen LogP contribution in [-0.4, -0.2) is 30.1 Å². The van der Waals surface area contributed by atoms with Crippen molar-refractivity contribution in [3.05, 3.63) is 41.0 Å². The standard InChI is InChI=1S/C20H20FNO5S/c1-27-20(26)16-15(11-6-8-12(21)9-7-11)10-28-18(16)22-17(23)13-4-2-3-5-14(13)19(24)25/h6-10,13-14H,2-5H2,1H3,(H,22,23)(H,24,25)/t13-,14+/m0/s1. The number of carboxylic acids is 1. The molecule has 2 aromatic rings. The number of anilines is 1. The van der Waals surface area contributed by atoms with Crippen LogP contribution in [0.2, 0.25) is 0 Å². The maximum absolute atomic E-state index is 13.2. The van der Waals surface area contributed by atoms with E-state index in [9.17, 15) is 23.9 Å². The Kier molecular flexibility index (Phi) is 6.08. The van der Waals surface area contributed by atoms with Gasteiger partial charge in [-0.3, -0.25) is 9.59 Å². The number of carbonyl (C=O) groups is 3. The summed E-state index contributed by atoms with van der Waals surface area (Å²) >= 11 is 1.15. The van der Waals surface area contributed by atoms with Crippen molar-refractivity contribution in [1.82, 2.24) is 0 Å².